The molecule has 0 saturated carbocycles. The molecule has 4 rings (SSSR count). The fourth-order valence-electron chi connectivity index (χ4n) is 4.19. The Balaban J connectivity index is 0.00000141. The van der Waals surface area contributed by atoms with Crippen LogP contribution in [0, 0.1) is 24.2 Å². The van der Waals surface area contributed by atoms with Gasteiger partial charge in [-0.3, -0.25) is 0 Å². The molecule has 2 heterocycles. The van der Waals surface area contributed by atoms with Gasteiger partial charge >= 0.3 is 0 Å². The van der Waals surface area contributed by atoms with Gasteiger partial charge < -0.3 is 21.0 Å². The number of nitrogens with one attached hydrogen (secondary N) is 4. The minimum absolute atomic E-state index is 0.450. The van der Waals surface area contributed by atoms with Gasteiger partial charge in [0.2, 0.25) is 0 Å². The molecule has 2 aliphatic rings. The fraction of sp³-hybridized carbons (Fsp3) is 0.321. The number of allylic oxidation sites excluding steroid dienone is 8. The third-order valence-corrected chi connectivity index (χ3v) is 5.97. The molecule has 1 aromatic heterocycles. The summed E-state index contributed by atoms with van der Waals surface area (Å²) >= 11 is 0. The van der Waals surface area contributed by atoms with Crippen LogP contribution in [-0.2, 0) is 6.42 Å². The van der Waals surface area contributed by atoms with Crippen LogP contribution in [0.2, 0.25) is 0 Å². The normalized spacial score (nSPS) is 19.8. The highest BCUT2D eigenvalue weighted by molar-refractivity contribution is 5.92. The summed E-state index contributed by atoms with van der Waals surface area (Å²) < 4.78 is 0. The Morgan fingerprint density at radius 3 is 2.78 bits per heavy atom. The van der Waals surface area contributed by atoms with Gasteiger partial charge in [-0.15, -0.1) is 0 Å². The van der Waals surface area contributed by atoms with Crippen molar-refractivity contribution in [2.24, 2.45) is 11.8 Å². The lowest BCUT2D eigenvalue weighted by Gasteiger charge is -2.17. The third kappa shape index (κ3) is 5.70. The first-order chi connectivity index (χ1) is 15.5. The smallest absolute Gasteiger partial charge is 0.0497 e. The number of aryl methyl sites for hydroxylation is 1. The van der Waals surface area contributed by atoms with Crippen molar-refractivity contribution in [2.45, 2.75) is 33.6 Å². The standard InChI is InChI=1S/C27H33N3.CH3N/c1-18(2)28-16-21-6-5-7-23(29-17-21)15-25-24-13-10-20(4)14-26(24)30-27(25)22-11-8-19(3)9-12-22;1-2/h5-8,10-14,19,21,28-30H,1,9,15-17H2,2-4H3;2H,1H2. The Labute approximate surface area is 192 Å². The van der Waals surface area contributed by atoms with E-state index in [0.717, 1.165) is 31.6 Å². The molecule has 32 heavy (non-hydrogen) atoms. The Morgan fingerprint density at radius 2 is 2.06 bits per heavy atom. The average molecular weight is 429 g/mol. The van der Waals surface area contributed by atoms with E-state index in [2.05, 4.69) is 97.4 Å². The molecule has 0 saturated heterocycles. The van der Waals surface area contributed by atoms with Crippen LogP contribution in [0.1, 0.15) is 37.1 Å². The van der Waals surface area contributed by atoms with Crippen LogP contribution in [0.25, 0.3) is 16.5 Å². The van der Waals surface area contributed by atoms with E-state index in [-0.39, 0.29) is 0 Å². The molecular weight excluding hydrogens is 392 g/mol. The molecular formula is C28H36N4. The second-order valence-electron chi connectivity index (χ2n) is 8.81. The van der Waals surface area contributed by atoms with E-state index < -0.39 is 0 Å². The molecule has 0 spiro atoms. The minimum Gasteiger partial charge on any atom is -0.388 e. The Bertz CT molecular complexity index is 1080. The summed E-state index contributed by atoms with van der Waals surface area (Å²) in [5.74, 6) is 1.07. The highest BCUT2D eigenvalue weighted by Gasteiger charge is 2.18. The molecule has 4 heteroatoms. The number of aromatic amines is 1. The quantitative estimate of drug-likeness (QED) is 0.423. The van der Waals surface area contributed by atoms with Gasteiger partial charge in [0, 0.05) is 53.4 Å². The Kier molecular flexibility index (Phi) is 7.93. The first-order valence-electron chi connectivity index (χ1n) is 11.4. The maximum Gasteiger partial charge on any atom is 0.0497 e. The molecule has 0 amide bonds. The third-order valence-electron chi connectivity index (χ3n) is 5.97. The average Bonchev–Trinajstić information content (AvgIpc) is 2.97. The fourth-order valence-corrected chi connectivity index (χ4v) is 4.19. The van der Waals surface area contributed by atoms with Crippen molar-refractivity contribution < 1.29 is 0 Å². The molecule has 4 nitrogen and oxygen atoms in total. The Morgan fingerprint density at radius 1 is 1.25 bits per heavy atom. The first-order valence-corrected chi connectivity index (χ1v) is 11.4. The van der Waals surface area contributed by atoms with Gasteiger partial charge in [-0.2, -0.15) is 0 Å². The van der Waals surface area contributed by atoms with Crippen molar-refractivity contribution in [3.63, 3.8) is 0 Å². The lowest BCUT2D eigenvalue weighted by atomic mass is 9.93. The first kappa shape index (κ1) is 23.4. The van der Waals surface area contributed by atoms with E-state index in [1.807, 2.05) is 6.92 Å². The number of hydrogen-bond acceptors (Lipinski definition) is 3. The maximum absolute atomic E-state index is 5.50. The SMILES string of the molecule is C=C(C)NCC1C=CC=C(Cc2c(C3=CCC(C)C=C3)[nH]c3cc(C)ccc23)NC1.C=N. The minimum atomic E-state index is 0.450. The molecule has 1 aliphatic carbocycles. The highest BCUT2D eigenvalue weighted by Crippen LogP contribution is 2.33. The van der Waals surface area contributed by atoms with Crippen molar-refractivity contribution in [2.75, 3.05) is 13.1 Å². The van der Waals surface area contributed by atoms with Crippen LogP contribution >= 0.6 is 0 Å². The van der Waals surface area contributed by atoms with Crippen LogP contribution < -0.4 is 10.6 Å². The lowest BCUT2D eigenvalue weighted by Crippen LogP contribution is -2.28. The summed E-state index contributed by atoms with van der Waals surface area (Å²) in [5.41, 5.74) is 8.73. The molecule has 1 aromatic carbocycles. The molecule has 168 valence electrons. The molecule has 0 fully saturated rings. The van der Waals surface area contributed by atoms with Gasteiger partial charge in [0.05, 0.1) is 0 Å². The number of benzene rings is 1. The molecule has 4 N–H and O–H groups in total. The summed E-state index contributed by atoms with van der Waals surface area (Å²) in [6, 6.07) is 6.74. The van der Waals surface area contributed by atoms with Gasteiger partial charge in [-0.05, 0) is 61.7 Å². The van der Waals surface area contributed by atoms with Crippen molar-refractivity contribution in [3.8, 4) is 0 Å². The topological polar surface area (TPSA) is 63.7 Å². The van der Waals surface area contributed by atoms with E-state index in [4.69, 9.17) is 5.41 Å². The molecule has 0 radical (unpaired) electrons. The van der Waals surface area contributed by atoms with E-state index in [1.54, 1.807) is 0 Å². The molecule has 2 aromatic rings. The number of H-pyrrole nitrogens is 1. The highest BCUT2D eigenvalue weighted by atomic mass is 14.9. The van der Waals surface area contributed by atoms with Crippen LogP contribution in [0.4, 0.5) is 0 Å². The summed E-state index contributed by atoms with van der Waals surface area (Å²) in [5, 5.41) is 13.9. The second kappa shape index (κ2) is 10.9. The second-order valence-corrected chi connectivity index (χ2v) is 8.81. The van der Waals surface area contributed by atoms with Crippen molar-refractivity contribution in [1.82, 2.24) is 15.6 Å². The van der Waals surface area contributed by atoms with Crippen LogP contribution in [0.15, 0.2) is 72.6 Å². The summed E-state index contributed by atoms with van der Waals surface area (Å²) in [4.78, 5) is 3.72. The van der Waals surface area contributed by atoms with Gasteiger partial charge in [0.15, 0.2) is 0 Å². The van der Waals surface area contributed by atoms with E-state index >= 15 is 0 Å². The van der Waals surface area contributed by atoms with Crippen LogP contribution in [0.3, 0.4) is 0 Å². The monoisotopic (exact) mass is 428 g/mol. The number of hydrogen-bond donors (Lipinski definition) is 4. The van der Waals surface area contributed by atoms with Crippen molar-refractivity contribution >= 4 is 23.2 Å². The van der Waals surface area contributed by atoms with Gasteiger partial charge in [-0.1, -0.05) is 56.0 Å². The van der Waals surface area contributed by atoms with Crippen molar-refractivity contribution in [3.05, 3.63) is 89.4 Å². The lowest BCUT2D eigenvalue weighted by molar-refractivity contribution is 0.566. The van der Waals surface area contributed by atoms with E-state index in [0.29, 0.717) is 11.8 Å². The predicted molar refractivity (Wildman–Crippen MR) is 139 cm³/mol. The zero-order valence-corrected chi connectivity index (χ0v) is 19.6. The molecule has 2 unspecified atom stereocenters. The predicted octanol–water partition coefficient (Wildman–Crippen LogP) is 6.05. The van der Waals surface area contributed by atoms with Crippen LogP contribution in [-0.4, -0.2) is 24.8 Å². The maximum atomic E-state index is 5.50. The van der Waals surface area contributed by atoms with Gasteiger partial charge in [0.1, 0.15) is 0 Å². The summed E-state index contributed by atoms with van der Waals surface area (Å²) in [7, 11) is 0. The number of fused-ring (bicyclic) bond motifs is 1. The summed E-state index contributed by atoms with van der Waals surface area (Å²) in [6.07, 6.45) is 15.7. The molecule has 2 atom stereocenters. The Hall–Kier alpha value is -3.27. The number of aromatic nitrogens is 1. The summed E-state index contributed by atoms with van der Waals surface area (Å²) in [6.45, 7) is 14.7. The van der Waals surface area contributed by atoms with Crippen LogP contribution in [0.5, 0.6) is 0 Å². The number of rotatable bonds is 6. The zero-order chi connectivity index (χ0) is 23.1. The molecule has 0 bridgehead atoms. The zero-order valence-electron chi connectivity index (χ0n) is 19.6. The van der Waals surface area contributed by atoms with Gasteiger partial charge in [-0.25, -0.2) is 0 Å². The van der Waals surface area contributed by atoms with E-state index in [9.17, 15) is 0 Å². The van der Waals surface area contributed by atoms with Gasteiger partial charge in [0.25, 0.3) is 0 Å². The largest absolute Gasteiger partial charge is 0.388 e. The van der Waals surface area contributed by atoms with E-state index in [1.165, 1.54) is 39.0 Å². The molecule has 1 aliphatic heterocycles. The van der Waals surface area contributed by atoms with Crippen molar-refractivity contribution in [1.29, 1.82) is 5.41 Å².